The maximum atomic E-state index is 12.4. The Morgan fingerprint density at radius 3 is 2.71 bits per heavy atom. The lowest BCUT2D eigenvalue weighted by Gasteiger charge is -2.29. The van der Waals surface area contributed by atoms with Gasteiger partial charge in [-0.3, -0.25) is 9.59 Å². The minimum absolute atomic E-state index is 0.120. The topological polar surface area (TPSA) is 95.9 Å². The Balaban J connectivity index is 1.55. The number of amides is 2. The highest BCUT2D eigenvalue weighted by atomic mass is 16.5. The van der Waals surface area contributed by atoms with Crippen molar-refractivity contribution in [1.82, 2.24) is 5.32 Å². The van der Waals surface area contributed by atoms with E-state index < -0.39 is 24.1 Å². The van der Waals surface area contributed by atoms with Crippen LogP contribution in [0.3, 0.4) is 0 Å². The molecule has 2 aliphatic heterocycles. The normalized spacial score (nSPS) is 22.8. The lowest BCUT2D eigenvalue weighted by Crippen LogP contribution is -2.45. The number of carboxylic acids is 1. The number of aryl methyl sites for hydroxylation is 1. The van der Waals surface area contributed by atoms with Crippen LogP contribution in [0.15, 0.2) is 24.3 Å². The monoisotopic (exact) mass is 332 g/mol. The first-order valence-electron chi connectivity index (χ1n) is 8.10. The number of hydrogen-bond acceptors (Lipinski definition) is 4. The summed E-state index contributed by atoms with van der Waals surface area (Å²) in [6.07, 6.45) is 0.754. The van der Waals surface area contributed by atoms with Crippen LogP contribution in [-0.4, -0.2) is 48.2 Å². The zero-order chi connectivity index (χ0) is 17.1. The molecular formula is C17H20N2O5. The Hall–Kier alpha value is -2.41. The molecule has 1 aromatic rings. The molecule has 0 unspecified atom stereocenters. The summed E-state index contributed by atoms with van der Waals surface area (Å²) in [7, 11) is 0. The van der Waals surface area contributed by atoms with Crippen molar-refractivity contribution >= 4 is 23.5 Å². The van der Waals surface area contributed by atoms with E-state index in [-0.39, 0.29) is 12.5 Å². The summed E-state index contributed by atoms with van der Waals surface area (Å²) in [5, 5.41) is 11.4. The van der Waals surface area contributed by atoms with E-state index in [9.17, 15) is 14.4 Å². The van der Waals surface area contributed by atoms with Gasteiger partial charge in [0.15, 0.2) is 6.10 Å². The average molecular weight is 332 g/mol. The second-order valence-corrected chi connectivity index (χ2v) is 6.02. The molecule has 1 aromatic carbocycles. The minimum Gasteiger partial charge on any atom is -0.479 e. The lowest BCUT2D eigenvalue weighted by molar-refractivity contribution is -0.152. The standard InChI is InChI=1S/C17H20N2O5/c20-15(19-9-3-5-11-4-1-2-6-12(11)19)10-18-16(21)13-7-8-14(24-13)17(22)23/h1-2,4,6,13-14H,3,5,7-10H2,(H,18,21)(H,22,23)/t13-,14+/m0/s1. The van der Waals surface area contributed by atoms with Gasteiger partial charge in [-0.2, -0.15) is 0 Å². The van der Waals surface area contributed by atoms with Crippen molar-refractivity contribution in [2.45, 2.75) is 37.9 Å². The molecular weight excluding hydrogens is 312 g/mol. The molecule has 1 fully saturated rings. The fourth-order valence-corrected chi connectivity index (χ4v) is 3.18. The van der Waals surface area contributed by atoms with Crippen LogP contribution in [0.1, 0.15) is 24.8 Å². The van der Waals surface area contributed by atoms with Crippen LogP contribution in [0, 0.1) is 0 Å². The van der Waals surface area contributed by atoms with Gasteiger partial charge >= 0.3 is 5.97 Å². The summed E-state index contributed by atoms with van der Waals surface area (Å²) < 4.78 is 5.18. The molecule has 24 heavy (non-hydrogen) atoms. The highest BCUT2D eigenvalue weighted by Crippen LogP contribution is 2.26. The van der Waals surface area contributed by atoms with Gasteiger partial charge in [-0.15, -0.1) is 0 Å². The van der Waals surface area contributed by atoms with Gasteiger partial charge in [0.25, 0.3) is 0 Å². The second kappa shape index (κ2) is 7.00. The molecule has 2 heterocycles. The van der Waals surface area contributed by atoms with Crippen molar-refractivity contribution in [3.8, 4) is 0 Å². The van der Waals surface area contributed by atoms with Gasteiger partial charge in [0.05, 0.1) is 6.54 Å². The number of rotatable bonds is 4. The molecule has 7 heteroatoms. The fraction of sp³-hybridized carbons (Fsp3) is 0.471. The molecule has 2 N–H and O–H groups in total. The van der Waals surface area contributed by atoms with E-state index in [0.29, 0.717) is 19.4 Å². The number of para-hydroxylation sites is 1. The van der Waals surface area contributed by atoms with Gasteiger partial charge in [0, 0.05) is 12.2 Å². The molecule has 2 amide bonds. The summed E-state index contributed by atoms with van der Waals surface area (Å²) in [4.78, 5) is 37.0. The number of aliphatic carboxylic acids is 1. The van der Waals surface area contributed by atoms with E-state index in [2.05, 4.69) is 5.32 Å². The summed E-state index contributed by atoms with van der Waals surface area (Å²) in [6.45, 7) is 0.511. The van der Waals surface area contributed by atoms with Crippen molar-refractivity contribution in [1.29, 1.82) is 0 Å². The molecule has 128 valence electrons. The zero-order valence-electron chi connectivity index (χ0n) is 13.2. The molecule has 0 aromatic heterocycles. The van der Waals surface area contributed by atoms with Crippen molar-refractivity contribution in [2.75, 3.05) is 18.0 Å². The van der Waals surface area contributed by atoms with E-state index in [1.54, 1.807) is 4.90 Å². The van der Waals surface area contributed by atoms with Gasteiger partial charge in [0.2, 0.25) is 11.8 Å². The molecule has 0 spiro atoms. The minimum atomic E-state index is -1.06. The van der Waals surface area contributed by atoms with Crippen LogP contribution in [0.2, 0.25) is 0 Å². The predicted octanol–water partition coefficient (Wildman–Crippen LogP) is 0.714. The number of benzene rings is 1. The van der Waals surface area contributed by atoms with Gasteiger partial charge in [0.1, 0.15) is 6.10 Å². The number of carbonyl (C=O) groups excluding carboxylic acids is 2. The molecule has 2 atom stereocenters. The number of ether oxygens (including phenoxy) is 1. The number of nitrogens with zero attached hydrogens (tertiary/aromatic N) is 1. The first-order chi connectivity index (χ1) is 11.6. The van der Waals surface area contributed by atoms with E-state index in [4.69, 9.17) is 9.84 Å². The molecule has 0 bridgehead atoms. The highest BCUT2D eigenvalue weighted by molar-refractivity contribution is 5.98. The van der Waals surface area contributed by atoms with Gasteiger partial charge in [-0.1, -0.05) is 18.2 Å². The van der Waals surface area contributed by atoms with Crippen LogP contribution in [0.5, 0.6) is 0 Å². The van der Waals surface area contributed by atoms with E-state index in [1.165, 1.54) is 0 Å². The molecule has 7 nitrogen and oxygen atoms in total. The van der Waals surface area contributed by atoms with Crippen LogP contribution in [0.4, 0.5) is 5.69 Å². The second-order valence-electron chi connectivity index (χ2n) is 6.02. The third-order valence-electron chi connectivity index (χ3n) is 4.41. The molecule has 3 rings (SSSR count). The quantitative estimate of drug-likeness (QED) is 0.847. The van der Waals surface area contributed by atoms with Crippen molar-refractivity contribution < 1.29 is 24.2 Å². The maximum Gasteiger partial charge on any atom is 0.332 e. The number of anilines is 1. The Morgan fingerprint density at radius 2 is 1.96 bits per heavy atom. The van der Waals surface area contributed by atoms with E-state index in [0.717, 1.165) is 24.1 Å². The molecule has 0 saturated carbocycles. The average Bonchev–Trinajstić information content (AvgIpc) is 3.09. The Bertz CT molecular complexity index is 660. The van der Waals surface area contributed by atoms with Crippen LogP contribution in [0.25, 0.3) is 0 Å². The van der Waals surface area contributed by atoms with Gasteiger partial charge in [-0.25, -0.2) is 4.79 Å². The SMILES string of the molecule is O=C(NCC(=O)N1CCCc2ccccc21)[C@@H]1CC[C@H](C(=O)O)O1. The van der Waals surface area contributed by atoms with Crippen LogP contribution in [-0.2, 0) is 25.5 Å². The zero-order valence-corrected chi connectivity index (χ0v) is 13.2. The van der Waals surface area contributed by atoms with E-state index >= 15 is 0 Å². The molecule has 2 aliphatic rings. The summed E-state index contributed by atoms with van der Waals surface area (Å²) >= 11 is 0. The first kappa shape index (κ1) is 16.4. The molecule has 0 aliphatic carbocycles. The van der Waals surface area contributed by atoms with E-state index in [1.807, 2.05) is 24.3 Å². The number of nitrogens with one attached hydrogen (secondary N) is 1. The number of carbonyl (C=O) groups is 3. The summed E-state index contributed by atoms with van der Waals surface area (Å²) in [6, 6.07) is 7.75. The number of fused-ring (bicyclic) bond motifs is 1. The van der Waals surface area contributed by atoms with Gasteiger partial charge < -0.3 is 20.1 Å². The highest BCUT2D eigenvalue weighted by Gasteiger charge is 2.35. The largest absolute Gasteiger partial charge is 0.479 e. The number of carboxylic acid groups (broad SMARTS) is 1. The molecule has 0 radical (unpaired) electrons. The predicted molar refractivity (Wildman–Crippen MR) is 85.7 cm³/mol. The van der Waals surface area contributed by atoms with Crippen LogP contribution < -0.4 is 10.2 Å². The Kier molecular flexibility index (Phi) is 4.80. The van der Waals surface area contributed by atoms with Crippen molar-refractivity contribution in [3.05, 3.63) is 29.8 Å². The van der Waals surface area contributed by atoms with Crippen LogP contribution >= 0.6 is 0 Å². The van der Waals surface area contributed by atoms with Crippen molar-refractivity contribution in [3.63, 3.8) is 0 Å². The smallest absolute Gasteiger partial charge is 0.332 e. The van der Waals surface area contributed by atoms with Crippen molar-refractivity contribution in [2.24, 2.45) is 0 Å². The third-order valence-corrected chi connectivity index (χ3v) is 4.41. The summed E-state index contributed by atoms with van der Waals surface area (Å²) in [5.74, 6) is -1.67. The first-order valence-corrected chi connectivity index (χ1v) is 8.10. The third kappa shape index (κ3) is 3.41. The fourth-order valence-electron chi connectivity index (χ4n) is 3.18. The van der Waals surface area contributed by atoms with Gasteiger partial charge in [-0.05, 0) is 37.3 Å². The number of hydrogen-bond donors (Lipinski definition) is 2. The Morgan fingerprint density at radius 1 is 1.21 bits per heavy atom. The Labute approximate surface area is 139 Å². The lowest BCUT2D eigenvalue weighted by atomic mass is 10.0. The maximum absolute atomic E-state index is 12.4. The summed E-state index contributed by atoms with van der Waals surface area (Å²) in [5.41, 5.74) is 2.03. The molecule has 1 saturated heterocycles.